The SMILES string of the molecule is O=C1Oc2cc(O)ccc2CN1Cc1cccc(Br)c1F. The Kier molecular flexibility index (Phi) is 3.55. The maximum Gasteiger partial charge on any atom is 0.415 e. The number of phenols is 1. The second kappa shape index (κ2) is 5.37. The lowest BCUT2D eigenvalue weighted by Crippen LogP contribution is -2.36. The van der Waals surface area contributed by atoms with Crippen LogP contribution in [-0.4, -0.2) is 16.1 Å². The number of fused-ring (bicyclic) bond motifs is 1. The van der Waals surface area contributed by atoms with E-state index >= 15 is 0 Å². The summed E-state index contributed by atoms with van der Waals surface area (Å²) in [6.45, 7) is 0.421. The van der Waals surface area contributed by atoms with Gasteiger partial charge in [-0.15, -0.1) is 0 Å². The van der Waals surface area contributed by atoms with E-state index in [0.717, 1.165) is 5.56 Å². The quantitative estimate of drug-likeness (QED) is 0.894. The number of phenolic OH excluding ortho intramolecular Hbond substituents is 1. The zero-order valence-corrected chi connectivity index (χ0v) is 12.4. The Hall–Kier alpha value is -2.08. The maximum atomic E-state index is 14.0. The number of amides is 1. The molecule has 0 spiro atoms. The molecule has 6 heteroatoms. The second-order valence-corrected chi connectivity index (χ2v) is 5.58. The topological polar surface area (TPSA) is 49.8 Å². The van der Waals surface area contributed by atoms with E-state index in [2.05, 4.69) is 15.9 Å². The van der Waals surface area contributed by atoms with Gasteiger partial charge < -0.3 is 9.84 Å². The first-order chi connectivity index (χ1) is 10.0. The molecule has 4 nitrogen and oxygen atoms in total. The molecule has 108 valence electrons. The highest BCUT2D eigenvalue weighted by atomic mass is 79.9. The fraction of sp³-hybridized carbons (Fsp3) is 0.133. The number of benzene rings is 2. The summed E-state index contributed by atoms with van der Waals surface area (Å²) in [5, 5.41) is 9.38. The molecule has 0 aromatic heterocycles. The van der Waals surface area contributed by atoms with E-state index < -0.39 is 6.09 Å². The van der Waals surface area contributed by atoms with Gasteiger partial charge in [-0.2, -0.15) is 0 Å². The average Bonchev–Trinajstić information content (AvgIpc) is 2.45. The summed E-state index contributed by atoms with van der Waals surface area (Å²) in [5.41, 5.74) is 1.17. The van der Waals surface area contributed by atoms with Crippen LogP contribution in [0.2, 0.25) is 0 Å². The van der Waals surface area contributed by atoms with Crippen molar-refractivity contribution in [3.05, 3.63) is 57.8 Å². The van der Waals surface area contributed by atoms with Crippen molar-refractivity contribution in [1.29, 1.82) is 0 Å². The van der Waals surface area contributed by atoms with Crippen LogP contribution in [0.1, 0.15) is 11.1 Å². The van der Waals surface area contributed by atoms with Gasteiger partial charge in [0.15, 0.2) is 0 Å². The van der Waals surface area contributed by atoms with Gasteiger partial charge in [-0.3, -0.25) is 4.90 Å². The number of ether oxygens (including phenoxy) is 1. The molecule has 0 radical (unpaired) electrons. The third kappa shape index (κ3) is 2.71. The van der Waals surface area contributed by atoms with Gasteiger partial charge in [0.05, 0.1) is 17.6 Å². The Morgan fingerprint density at radius 2 is 2.14 bits per heavy atom. The first-order valence-electron chi connectivity index (χ1n) is 6.26. The Morgan fingerprint density at radius 1 is 1.33 bits per heavy atom. The number of hydrogen-bond donors (Lipinski definition) is 1. The summed E-state index contributed by atoms with van der Waals surface area (Å²) in [6.07, 6.45) is -0.563. The van der Waals surface area contributed by atoms with E-state index in [1.807, 2.05) is 0 Å². The molecule has 2 aromatic rings. The minimum Gasteiger partial charge on any atom is -0.508 e. The molecule has 0 aliphatic carbocycles. The molecule has 0 fully saturated rings. The number of hydrogen-bond acceptors (Lipinski definition) is 3. The van der Waals surface area contributed by atoms with Crippen molar-refractivity contribution < 1.29 is 19.0 Å². The van der Waals surface area contributed by atoms with Crippen molar-refractivity contribution in [2.45, 2.75) is 13.1 Å². The van der Waals surface area contributed by atoms with Gasteiger partial charge in [0.25, 0.3) is 0 Å². The zero-order valence-electron chi connectivity index (χ0n) is 10.8. The molecule has 1 aliphatic heterocycles. The summed E-state index contributed by atoms with van der Waals surface area (Å²) < 4.78 is 19.5. The first kappa shape index (κ1) is 13.9. The minimum atomic E-state index is -0.563. The average molecular weight is 352 g/mol. The molecule has 0 unspecified atom stereocenters. The maximum absolute atomic E-state index is 14.0. The van der Waals surface area contributed by atoms with Crippen LogP contribution in [0.5, 0.6) is 11.5 Å². The smallest absolute Gasteiger partial charge is 0.415 e. The van der Waals surface area contributed by atoms with Crippen molar-refractivity contribution in [2.75, 3.05) is 0 Å². The molecule has 1 heterocycles. The van der Waals surface area contributed by atoms with E-state index in [0.29, 0.717) is 22.3 Å². The molecular formula is C15H11BrFNO3. The van der Waals surface area contributed by atoms with Crippen molar-refractivity contribution in [2.24, 2.45) is 0 Å². The number of halogens is 2. The fourth-order valence-corrected chi connectivity index (χ4v) is 2.60. The highest BCUT2D eigenvalue weighted by Crippen LogP contribution is 2.30. The Morgan fingerprint density at radius 3 is 2.95 bits per heavy atom. The van der Waals surface area contributed by atoms with E-state index in [1.165, 1.54) is 17.0 Å². The van der Waals surface area contributed by atoms with E-state index in [-0.39, 0.29) is 18.1 Å². The molecule has 0 bridgehead atoms. The Labute approximate surface area is 128 Å². The predicted molar refractivity (Wildman–Crippen MR) is 77.5 cm³/mol. The van der Waals surface area contributed by atoms with E-state index in [1.54, 1.807) is 24.3 Å². The summed E-state index contributed by atoms with van der Waals surface area (Å²) in [6, 6.07) is 9.54. The van der Waals surface area contributed by atoms with Gasteiger partial charge in [0, 0.05) is 17.2 Å². The number of nitrogens with zero attached hydrogens (tertiary/aromatic N) is 1. The van der Waals surface area contributed by atoms with Crippen LogP contribution in [0.3, 0.4) is 0 Å². The number of rotatable bonds is 2. The van der Waals surface area contributed by atoms with Gasteiger partial charge in [-0.1, -0.05) is 12.1 Å². The molecule has 0 atom stereocenters. The molecule has 1 amide bonds. The van der Waals surface area contributed by atoms with E-state index in [9.17, 15) is 14.3 Å². The zero-order chi connectivity index (χ0) is 15.0. The van der Waals surface area contributed by atoms with Crippen LogP contribution in [0.25, 0.3) is 0 Å². The van der Waals surface area contributed by atoms with Gasteiger partial charge in [-0.05, 0) is 34.1 Å². The summed E-state index contributed by atoms with van der Waals surface area (Å²) >= 11 is 3.12. The lowest BCUT2D eigenvalue weighted by atomic mass is 10.1. The summed E-state index contributed by atoms with van der Waals surface area (Å²) in [4.78, 5) is 13.4. The van der Waals surface area contributed by atoms with E-state index in [4.69, 9.17) is 4.74 Å². The highest BCUT2D eigenvalue weighted by Gasteiger charge is 2.26. The molecule has 2 aromatic carbocycles. The lowest BCUT2D eigenvalue weighted by Gasteiger charge is -2.28. The van der Waals surface area contributed by atoms with Gasteiger partial charge >= 0.3 is 6.09 Å². The molecule has 0 saturated carbocycles. The summed E-state index contributed by atoms with van der Waals surface area (Å²) in [5.74, 6) is -0.0131. The molecule has 1 N–H and O–H groups in total. The molecule has 1 aliphatic rings. The number of carbonyl (C=O) groups is 1. The van der Waals surface area contributed by atoms with Crippen LogP contribution in [-0.2, 0) is 13.1 Å². The molecule has 0 saturated heterocycles. The normalized spacial score (nSPS) is 13.8. The van der Waals surface area contributed by atoms with Gasteiger partial charge in [0.1, 0.15) is 17.3 Å². The van der Waals surface area contributed by atoms with Crippen LogP contribution in [0.15, 0.2) is 40.9 Å². The van der Waals surface area contributed by atoms with Crippen LogP contribution < -0.4 is 4.74 Å². The minimum absolute atomic E-state index is 0.0352. The predicted octanol–water partition coefficient (Wildman–Crippen LogP) is 3.81. The van der Waals surface area contributed by atoms with Crippen molar-refractivity contribution in [3.63, 3.8) is 0 Å². The van der Waals surface area contributed by atoms with Gasteiger partial charge in [0.2, 0.25) is 0 Å². The number of aromatic hydroxyl groups is 1. The fourth-order valence-electron chi connectivity index (χ4n) is 2.19. The Bertz CT molecular complexity index is 720. The molecule has 3 rings (SSSR count). The lowest BCUT2D eigenvalue weighted by molar-refractivity contribution is 0.134. The molecule has 21 heavy (non-hydrogen) atoms. The van der Waals surface area contributed by atoms with Crippen molar-refractivity contribution >= 4 is 22.0 Å². The van der Waals surface area contributed by atoms with Crippen LogP contribution >= 0.6 is 15.9 Å². The van der Waals surface area contributed by atoms with Crippen LogP contribution in [0, 0.1) is 5.82 Å². The van der Waals surface area contributed by atoms with Gasteiger partial charge in [-0.25, -0.2) is 9.18 Å². The largest absolute Gasteiger partial charge is 0.508 e. The monoisotopic (exact) mass is 351 g/mol. The third-order valence-electron chi connectivity index (χ3n) is 3.26. The Balaban J connectivity index is 1.86. The second-order valence-electron chi connectivity index (χ2n) is 4.73. The van der Waals surface area contributed by atoms with Crippen LogP contribution in [0.4, 0.5) is 9.18 Å². The van der Waals surface area contributed by atoms with Crippen molar-refractivity contribution in [3.8, 4) is 11.5 Å². The number of carbonyl (C=O) groups excluding carboxylic acids is 1. The first-order valence-corrected chi connectivity index (χ1v) is 7.05. The standard InChI is InChI=1S/C15H11BrFNO3/c16-12-3-1-2-10(14(12)17)8-18-7-9-4-5-11(19)6-13(9)21-15(18)20/h1-6,19H,7-8H2. The third-order valence-corrected chi connectivity index (χ3v) is 3.87. The summed E-state index contributed by atoms with van der Waals surface area (Å²) in [7, 11) is 0. The highest BCUT2D eigenvalue weighted by molar-refractivity contribution is 9.10. The van der Waals surface area contributed by atoms with Crippen molar-refractivity contribution in [1.82, 2.24) is 4.90 Å². The molecular weight excluding hydrogens is 341 g/mol.